The molecule has 160 valence electrons. The quantitative estimate of drug-likeness (QED) is 0.360. The Bertz CT molecular complexity index is 933. The molecule has 0 aliphatic carbocycles. The molecule has 30 heavy (non-hydrogen) atoms. The second-order valence-corrected chi connectivity index (χ2v) is 6.38. The first kappa shape index (κ1) is 22.7. The third kappa shape index (κ3) is 5.95. The van der Waals surface area contributed by atoms with Crippen LogP contribution >= 0.6 is 0 Å². The lowest BCUT2D eigenvalue weighted by Gasteiger charge is -2.15. The topological polar surface area (TPSA) is 123 Å². The van der Waals surface area contributed by atoms with Crippen LogP contribution in [0.15, 0.2) is 30.3 Å². The van der Waals surface area contributed by atoms with Crippen molar-refractivity contribution in [2.24, 2.45) is 0 Å². The number of carbonyl (C=O) groups is 3. The molecule has 2 aromatic carbocycles. The molecule has 0 saturated carbocycles. The molecule has 0 radical (unpaired) electrons. The monoisotopic (exact) mass is 416 g/mol. The van der Waals surface area contributed by atoms with Gasteiger partial charge in [0, 0.05) is 18.9 Å². The Labute approximate surface area is 173 Å². The van der Waals surface area contributed by atoms with E-state index < -0.39 is 17.8 Å². The number of esters is 1. The molecule has 9 nitrogen and oxygen atoms in total. The van der Waals surface area contributed by atoms with Gasteiger partial charge >= 0.3 is 11.9 Å². The number of carbonyl (C=O) groups excluding carboxylic acids is 3. The van der Waals surface area contributed by atoms with Crippen LogP contribution in [-0.2, 0) is 23.9 Å². The summed E-state index contributed by atoms with van der Waals surface area (Å²) in [6.45, 7) is 5.14. The number of phenols is 1. The number of amides is 2. The molecule has 0 bridgehead atoms. The van der Waals surface area contributed by atoms with Gasteiger partial charge in [-0.25, -0.2) is 4.79 Å². The molecule has 0 fully saturated rings. The van der Waals surface area contributed by atoms with Gasteiger partial charge in [0.2, 0.25) is 5.91 Å². The van der Waals surface area contributed by atoms with Crippen molar-refractivity contribution < 1.29 is 33.7 Å². The van der Waals surface area contributed by atoms with Crippen molar-refractivity contribution in [1.29, 1.82) is 0 Å². The number of phenolic OH excluding ortho intramolecular Hbond substituents is 1. The van der Waals surface area contributed by atoms with E-state index >= 15 is 0 Å². The van der Waals surface area contributed by atoms with E-state index in [0.717, 1.165) is 0 Å². The van der Waals surface area contributed by atoms with Crippen molar-refractivity contribution in [2.75, 3.05) is 31.0 Å². The third-order valence-electron chi connectivity index (χ3n) is 3.92. The van der Waals surface area contributed by atoms with Crippen LogP contribution in [0.1, 0.15) is 18.1 Å². The molecule has 3 N–H and O–H groups in total. The van der Waals surface area contributed by atoms with Gasteiger partial charge in [0.25, 0.3) is 0 Å². The van der Waals surface area contributed by atoms with Crippen molar-refractivity contribution >= 4 is 29.2 Å². The second kappa shape index (κ2) is 10.3. The molecular formula is C21H24N2O7. The van der Waals surface area contributed by atoms with Crippen LogP contribution in [0.25, 0.3) is 0 Å². The fraction of sp³-hybridized carbons (Fsp3) is 0.286. The summed E-state index contributed by atoms with van der Waals surface area (Å²) in [6, 6.07) is 7.74. The van der Waals surface area contributed by atoms with Crippen LogP contribution in [0.4, 0.5) is 11.4 Å². The SMILES string of the molecule is CCOC(=O)C(=O)Nc1cc(C)c(Oc2ccc(O)c(NC(=O)COC)c2)c(C)c1. The summed E-state index contributed by atoms with van der Waals surface area (Å²) in [5.74, 6) is -1.44. The van der Waals surface area contributed by atoms with Gasteiger partial charge in [0.05, 0.1) is 12.3 Å². The molecule has 0 atom stereocenters. The number of ether oxygens (including phenoxy) is 3. The maximum Gasteiger partial charge on any atom is 0.397 e. The Morgan fingerprint density at radius 1 is 1.03 bits per heavy atom. The molecule has 0 heterocycles. The molecule has 0 aliphatic rings. The molecule has 2 rings (SSSR count). The van der Waals surface area contributed by atoms with Gasteiger partial charge in [-0.3, -0.25) is 9.59 Å². The van der Waals surface area contributed by atoms with Gasteiger partial charge in [0.15, 0.2) is 0 Å². The van der Waals surface area contributed by atoms with Gasteiger partial charge in [-0.15, -0.1) is 0 Å². The maximum absolute atomic E-state index is 11.8. The van der Waals surface area contributed by atoms with Crippen LogP contribution in [-0.4, -0.2) is 43.2 Å². The highest BCUT2D eigenvalue weighted by atomic mass is 16.5. The lowest BCUT2D eigenvalue weighted by Crippen LogP contribution is -2.25. The molecule has 2 amide bonds. The highest BCUT2D eigenvalue weighted by Gasteiger charge is 2.17. The maximum atomic E-state index is 11.8. The largest absolute Gasteiger partial charge is 0.506 e. The minimum Gasteiger partial charge on any atom is -0.506 e. The van der Waals surface area contributed by atoms with Crippen LogP contribution in [0.5, 0.6) is 17.2 Å². The Kier molecular flexibility index (Phi) is 7.76. The van der Waals surface area contributed by atoms with Gasteiger partial charge in [0.1, 0.15) is 23.9 Å². The lowest BCUT2D eigenvalue weighted by molar-refractivity contribution is -0.152. The van der Waals surface area contributed by atoms with E-state index in [4.69, 9.17) is 9.47 Å². The predicted molar refractivity (Wildman–Crippen MR) is 110 cm³/mol. The summed E-state index contributed by atoms with van der Waals surface area (Å²) in [6.07, 6.45) is 0. The number of anilines is 2. The van der Waals surface area contributed by atoms with Crippen molar-refractivity contribution in [3.05, 3.63) is 41.5 Å². The summed E-state index contributed by atoms with van der Waals surface area (Å²) in [7, 11) is 1.39. The van der Waals surface area contributed by atoms with Crippen LogP contribution < -0.4 is 15.4 Å². The number of rotatable bonds is 7. The normalized spacial score (nSPS) is 10.3. The molecule has 0 spiro atoms. The van der Waals surface area contributed by atoms with Crippen molar-refractivity contribution in [3.63, 3.8) is 0 Å². The first-order valence-electron chi connectivity index (χ1n) is 9.14. The highest BCUT2D eigenvalue weighted by Crippen LogP contribution is 2.35. The summed E-state index contributed by atoms with van der Waals surface area (Å²) < 4.78 is 15.4. The third-order valence-corrected chi connectivity index (χ3v) is 3.92. The van der Waals surface area contributed by atoms with Crippen molar-refractivity contribution in [3.8, 4) is 17.2 Å². The number of methoxy groups -OCH3 is 1. The van der Waals surface area contributed by atoms with E-state index in [-0.39, 0.29) is 24.7 Å². The second-order valence-electron chi connectivity index (χ2n) is 6.38. The lowest BCUT2D eigenvalue weighted by atomic mass is 10.1. The number of hydrogen-bond donors (Lipinski definition) is 3. The summed E-state index contributed by atoms with van der Waals surface area (Å²) in [5.41, 5.74) is 2.01. The summed E-state index contributed by atoms with van der Waals surface area (Å²) >= 11 is 0. The number of aryl methyl sites for hydroxylation is 2. The van der Waals surface area contributed by atoms with E-state index in [0.29, 0.717) is 28.3 Å². The fourth-order valence-electron chi connectivity index (χ4n) is 2.68. The van der Waals surface area contributed by atoms with Crippen molar-refractivity contribution in [1.82, 2.24) is 0 Å². The average Bonchev–Trinajstić information content (AvgIpc) is 2.67. The molecule has 0 aliphatic heterocycles. The van der Waals surface area contributed by atoms with Gasteiger partial charge in [-0.2, -0.15) is 0 Å². The molecule has 0 saturated heterocycles. The van der Waals surface area contributed by atoms with Gasteiger partial charge < -0.3 is 30.0 Å². The van der Waals surface area contributed by atoms with Gasteiger partial charge in [-0.1, -0.05) is 0 Å². The van der Waals surface area contributed by atoms with Crippen LogP contribution in [0, 0.1) is 13.8 Å². The zero-order chi connectivity index (χ0) is 22.3. The van der Waals surface area contributed by atoms with E-state index in [2.05, 4.69) is 15.4 Å². The minimum atomic E-state index is -0.958. The highest BCUT2D eigenvalue weighted by molar-refractivity contribution is 6.37. The van der Waals surface area contributed by atoms with E-state index in [9.17, 15) is 19.5 Å². The number of benzene rings is 2. The van der Waals surface area contributed by atoms with Crippen molar-refractivity contribution in [2.45, 2.75) is 20.8 Å². The molecule has 0 unspecified atom stereocenters. The summed E-state index contributed by atoms with van der Waals surface area (Å²) in [5, 5.41) is 15.0. The average molecular weight is 416 g/mol. The standard InChI is InChI=1S/C21H24N2O7/c1-5-29-21(27)20(26)22-14-8-12(2)19(13(3)9-14)30-15-6-7-17(24)16(10-15)23-18(25)11-28-4/h6-10,24H,5,11H2,1-4H3,(H,22,26)(H,23,25). The van der Waals surface area contributed by atoms with Gasteiger partial charge in [-0.05, 0) is 56.2 Å². The smallest absolute Gasteiger partial charge is 0.397 e. The van der Waals surface area contributed by atoms with E-state index in [1.807, 2.05) is 0 Å². The first-order valence-corrected chi connectivity index (χ1v) is 9.14. The number of nitrogens with one attached hydrogen (secondary N) is 2. The Hall–Kier alpha value is -3.59. The summed E-state index contributed by atoms with van der Waals surface area (Å²) in [4.78, 5) is 35.0. The minimum absolute atomic E-state index is 0.109. The molecule has 9 heteroatoms. The first-order chi connectivity index (χ1) is 14.2. The van der Waals surface area contributed by atoms with E-state index in [1.54, 1.807) is 39.0 Å². The Balaban J connectivity index is 2.20. The Morgan fingerprint density at radius 3 is 2.30 bits per heavy atom. The fourth-order valence-corrected chi connectivity index (χ4v) is 2.68. The number of hydrogen-bond acceptors (Lipinski definition) is 7. The molecule has 0 aromatic heterocycles. The predicted octanol–water partition coefficient (Wildman–Crippen LogP) is 2.89. The van der Waals surface area contributed by atoms with Crippen LogP contribution in [0.2, 0.25) is 0 Å². The molecular weight excluding hydrogens is 392 g/mol. The Morgan fingerprint density at radius 2 is 1.70 bits per heavy atom. The van der Waals surface area contributed by atoms with Crippen LogP contribution in [0.3, 0.4) is 0 Å². The zero-order valence-corrected chi connectivity index (χ0v) is 17.2. The zero-order valence-electron chi connectivity index (χ0n) is 17.2. The number of aromatic hydroxyl groups is 1. The van der Waals surface area contributed by atoms with E-state index in [1.165, 1.54) is 19.2 Å². The molecule has 2 aromatic rings.